The molecule has 3 aromatic rings. The molecule has 2 aromatic carbocycles. The van der Waals surface area contributed by atoms with E-state index in [4.69, 9.17) is 4.74 Å². The van der Waals surface area contributed by atoms with Gasteiger partial charge in [-0.05, 0) is 47.5 Å². The second-order valence-corrected chi connectivity index (χ2v) is 6.59. The number of carbonyl (C=O) groups excluding carboxylic acids is 1. The molecule has 1 aliphatic heterocycles. The molecule has 0 saturated carbocycles. The number of ether oxygens (including phenoxy) is 1. The number of nitrogens with one attached hydrogen (secondary N) is 1. The molecule has 1 amide bonds. The number of pyridine rings is 1. The molecule has 1 aliphatic rings. The van der Waals surface area contributed by atoms with E-state index >= 15 is 0 Å². The zero-order chi connectivity index (χ0) is 19.3. The summed E-state index contributed by atoms with van der Waals surface area (Å²) >= 11 is 0. The monoisotopic (exact) mass is 374 g/mol. The minimum absolute atomic E-state index is 0.133. The Hall–Kier alpha value is -3.47. The first-order valence-corrected chi connectivity index (χ1v) is 9.10. The molecule has 0 spiro atoms. The van der Waals surface area contributed by atoms with E-state index < -0.39 is 0 Å². The molecule has 0 fully saturated rings. The SMILES string of the molecule is O=C(/C=C/c1cccc(F)c1)NC[C@H]1Cc2cccc(-c3ccccn3)c2O1. The zero-order valence-electron chi connectivity index (χ0n) is 15.1. The fourth-order valence-electron chi connectivity index (χ4n) is 3.23. The fourth-order valence-corrected chi connectivity index (χ4v) is 3.23. The summed E-state index contributed by atoms with van der Waals surface area (Å²) in [6.07, 6.45) is 5.33. The second-order valence-electron chi connectivity index (χ2n) is 6.59. The molecular weight excluding hydrogens is 355 g/mol. The molecule has 4 rings (SSSR count). The number of hydrogen-bond acceptors (Lipinski definition) is 3. The standard InChI is InChI=1S/C23H19FN2O2/c24-18-7-3-5-16(13-18)10-11-22(27)26-15-19-14-17-6-4-8-20(23(17)28-19)21-9-1-2-12-25-21/h1-13,19H,14-15H2,(H,26,27)/b11-10+/t19-/m1/s1. The summed E-state index contributed by atoms with van der Waals surface area (Å²) in [6.45, 7) is 0.392. The maximum Gasteiger partial charge on any atom is 0.244 e. The Labute approximate surface area is 162 Å². The maximum absolute atomic E-state index is 13.2. The van der Waals surface area contributed by atoms with Gasteiger partial charge in [-0.15, -0.1) is 0 Å². The van der Waals surface area contributed by atoms with E-state index in [-0.39, 0.29) is 17.8 Å². The first-order valence-electron chi connectivity index (χ1n) is 9.10. The van der Waals surface area contributed by atoms with Gasteiger partial charge in [-0.25, -0.2) is 4.39 Å². The van der Waals surface area contributed by atoms with Gasteiger partial charge in [0.15, 0.2) is 0 Å². The lowest BCUT2D eigenvalue weighted by molar-refractivity contribution is -0.116. The first-order chi connectivity index (χ1) is 13.7. The van der Waals surface area contributed by atoms with Crippen molar-refractivity contribution in [2.45, 2.75) is 12.5 Å². The maximum atomic E-state index is 13.2. The predicted molar refractivity (Wildman–Crippen MR) is 106 cm³/mol. The molecular formula is C23H19FN2O2. The molecule has 0 saturated heterocycles. The zero-order valence-corrected chi connectivity index (χ0v) is 15.1. The van der Waals surface area contributed by atoms with Gasteiger partial charge in [0.1, 0.15) is 17.7 Å². The summed E-state index contributed by atoms with van der Waals surface area (Å²) in [6, 6.07) is 17.9. The van der Waals surface area contributed by atoms with Gasteiger partial charge in [-0.1, -0.05) is 30.3 Å². The van der Waals surface area contributed by atoms with E-state index in [9.17, 15) is 9.18 Å². The Morgan fingerprint density at radius 2 is 2.07 bits per heavy atom. The number of halogens is 1. The quantitative estimate of drug-likeness (QED) is 0.686. The molecule has 28 heavy (non-hydrogen) atoms. The molecule has 1 aromatic heterocycles. The van der Waals surface area contributed by atoms with Crippen LogP contribution < -0.4 is 10.1 Å². The second kappa shape index (κ2) is 8.05. The fraction of sp³-hybridized carbons (Fsp3) is 0.130. The Bertz CT molecular complexity index is 1020. The van der Waals surface area contributed by atoms with Crippen molar-refractivity contribution in [3.05, 3.63) is 89.9 Å². The molecule has 4 nitrogen and oxygen atoms in total. The molecule has 2 heterocycles. The van der Waals surface area contributed by atoms with Gasteiger partial charge in [0, 0.05) is 24.3 Å². The van der Waals surface area contributed by atoms with Crippen LogP contribution in [0.3, 0.4) is 0 Å². The van der Waals surface area contributed by atoms with Gasteiger partial charge in [-0.3, -0.25) is 9.78 Å². The molecule has 5 heteroatoms. The van der Waals surface area contributed by atoms with Crippen LogP contribution in [0.25, 0.3) is 17.3 Å². The molecule has 1 atom stereocenters. The number of para-hydroxylation sites is 1. The van der Waals surface area contributed by atoms with E-state index in [1.165, 1.54) is 18.2 Å². The summed E-state index contributed by atoms with van der Waals surface area (Å²) in [7, 11) is 0. The predicted octanol–water partition coefficient (Wildman–Crippen LogP) is 4.02. The summed E-state index contributed by atoms with van der Waals surface area (Å²) < 4.78 is 19.3. The first kappa shape index (κ1) is 17.9. The van der Waals surface area contributed by atoms with Crippen molar-refractivity contribution >= 4 is 12.0 Å². The largest absolute Gasteiger partial charge is 0.487 e. The Morgan fingerprint density at radius 1 is 1.18 bits per heavy atom. The molecule has 0 radical (unpaired) electrons. The van der Waals surface area contributed by atoms with Crippen molar-refractivity contribution in [3.63, 3.8) is 0 Å². The Kier molecular flexibility index (Phi) is 5.15. The van der Waals surface area contributed by atoms with Gasteiger partial charge < -0.3 is 10.1 Å². The summed E-state index contributed by atoms with van der Waals surface area (Å²) in [5.74, 6) is 0.257. The average Bonchev–Trinajstić information content (AvgIpc) is 3.14. The van der Waals surface area contributed by atoms with Crippen LogP contribution in [0.4, 0.5) is 4.39 Å². The molecule has 0 unspecified atom stereocenters. The van der Waals surface area contributed by atoms with Gasteiger partial charge in [0.2, 0.25) is 5.91 Å². The molecule has 140 valence electrons. The van der Waals surface area contributed by atoms with Crippen molar-refractivity contribution in [3.8, 4) is 17.0 Å². The number of carbonyl (C=O) groups is 1. The highest BCUT2D eigenvalue weighted by Crippen LogP contribution is 2.37. The van der Waals surface area contributed by atoms with Gasteiger partial charge in [0.25, 0.3) is 0 Å². The van der Waals surface area contributed by atoms with Crippen LogP contribution >= 0.6 is 0 Å². The topological polar surface area (TPSA) is 51.2 Å². The van der Waals surface area contributed by atoms with E-state index in [1.54, 1.807) is 24.4 Å². The van der Waals surface area contributed by atoms with E-state index in [0.717, 1.165) is 29.0 Å². The van der Waals surface area contributed by atoms with E-state index in [2.05, 4.69) is 10.3 Å². The number of nitrogens with zero attached hydrogens (tertiary/aromatic N) is 1. The third kappa shape index (κ3) is 4.09. The Balaban J connectivity index is 1.37. The smallest absolute Gasteiger partial charge is 0.244 e. The lowest BCUT2D eigenvalue weighted by Gasteiger charge is -2.12. The average molecular weight is 374 g/mol. The third-order valence-corrected chi connectivity index (χ3v) is 4.55. The van der Waals surface area contributed by atoms with Crippen LogP contribution in [0.15, 0.2) is 72.9 Å². The summed E-state index contributed by atoms with van der Waals surface area (Å²) in [5.41, 5.74) is 3.57. The highest BCUT2D eigenvalue weighted by molar-refractivity contribution is 5.91. The van der Waals surface area contributed by atoms with Crippen LogP contribution in [-0.4, -0.2) is 23.5 Å². The third-order valence-electron chi connectivity index (χ3n) is 4.55. The van der Waals surface area contributed by atoms with Gasteiger partial charge in [0.05, 0.1) is 12.2 Å². The van der Waals surface area contributed by atoms with Crippen molar-refractivity contribution in [1.82, 2.24) is 10.3 Å². The molecule has 0 bridgehead atoms. The van der Waals surface area contributed by atoms with E-state index in [0.29, 0.717) is 12.1 Å². The number of rotatable bonds is 5. The van der Waals surface area contributed by atoms with Crippen LogP contribution in [0.2, 0.25) is 0 Å². The molecule has 1 N–H and O–H groups in total. The number of hydrogen-bond donors (Lipinski definition) is 1. The van der Waals surface area contributed by atoms with Crippen LogP contribution in [-0.2, 0) is 11.2 Å². The Morgan fingerprint density at radius 3 is 2.89 bits per heavy atom. The van der Waals surface area contributed by atoms with Crippen molar-refractivity contribution in [1.29, 1.82) is 0 Å². The van der Waals surface area contributed by atoms with Crippen molar-refractivity contribution in [2.24, 2.45) is 0 Å². The normalized spacial score (nSPS) is 15.2. The molecule has 0 aliphatic carbocycles. The van der Waals surface area contributed by atoms with Crippen molar-refractivity contribution in [2.75, 3.05) is 6.54 Å². The van der Waals surface area contributed by atoms with Crippen LogP contribution in [0.1, 0.15) is 11.1 Å². The number of amides is 1. The van der Waals surface area contributed by atoms with Gasteiger partial charge >= 0.3 is 0 Å². The number of aromatic nitrogens is 1. The van der Waals surface area contributed by atoms with E-state index in [1.807, 2.05) is 36.4 Å². The number of benzene rings is 2. The van der Waals surface area contributed by atoms with Gasteiger partial charge in [-0.2, -0.15) is 0 Å². The van der Waals surface area contributed by atoms with Crippen LogP contribution in [0.5, 0.6) is 5.75 Å². The highest BCUT2D eigenvalue weighted by Gasteiger charge is 2.26. The van der Waals surface area contributed by atoms with Crippen LogP contribution in [0, 0.1) is 5.82 Å². The van der Waals surface area contributed by atoms with Crippen molar-refractivity contribution < 1.29 is 13.9 Å². The lowest BCUT2D eigenvalue weighted by atomic mass is 10.0. The minimum atomic E-state index is -0.330. The number of fused-ring (bicyclic) bond motifs is 1. The summed E-state index contributed by atoms with van der Waals surface area (Å²) in [5, 5.41) is 2.84. The lowest BCUT2D eigenvalue weighted by Crippen LogP contribution is -2.33. The highest BCUT2D eigenvalue weighted by atomic mass is 19.1. The summed E-state index contributed by atoms with van der Waals surface area (Å²) in [4.78, 5) is 16.5. The minimum Gasteiger partial charge on any atom is -0.487 e.